The van der Waals surface area contributed by atoms with Gasteiger partial charge in [-0.3, -0.25) is 5.10 Å². The third kappa shape index (κ3) is 9.09. The quantitative estimate of drug-likeness (QED) is 0.343. The molecule has 0 aliphatic carbocycles. The van der Waals surface area contributed by atoms with Gasteiger partial charge in [-0.25, -0.2) is 0 Å². The van der Waals surface area contributed by atoms with Crippen LogP contribution in [-0.4, -0.2) is 46.1 Å². The number of nitrogens with zero attached hydrogens (tertiary/aromatic N) is 3. The van der Waals surface area contributed by atoms with E-state index in [1.165, 1.54) is 6.08 Å². The van der Waals surface area contributed by atoms with E-state index in [2.05, 4.69) is 27.9 Å². The molecule has 88 valence electrons. The maximum atomic E-state index is 9.60. The monoisotopic (exact) mass is 242 g/mol. The fourth-order valence-electron chi connectivity index (χ4n) is 0.594. The Bertz CT molecular complexity index is 390. The smallest absolute Gasteiger partial charge is 0.169 e. The lowest BCUT2D eigenvalue weighted by molar-refractivity contribution is -0.456. The zero-order valence-corrected chi connectivity index (χ0v) is 10.3. The first-order valence-electron chi connectivity index (χ1n) is 4.50. The number of hydrogen-bond donors (Lipinski definition) is 1. The van der Waals surface area contributed by atoms with E-state index >= 15 is 0 Å². The van der Waals surface area contributed by atoms with Crippen LogP contribution < -0.4 is 4.89 Å². The molecular weight excluding hydrogens is 227 g/mol. The van der Waals surface area contributed by atoms with Gasteiger partial charge in [-0.1, -0.05) is 11.3 Å². The molecule has 1 N–H and O–H groups in total. The van der Waals surface area contributed by atoms with Crippen molar-refractivity contribution in [2.45, 2.75) is 0 Å². The highest BCUT2D eigenvalue weighted by Crippen LogP contribution is 2.03. The standard InChI is InChI=1S/C6H9N4.C3H7O2P/c1-10(2)4-3-6-5-7-9-8-6;1-2-3-6(4)5/h3,5H,1-2H3,(H,7,8,9);2,6H,1,3H2,(H,4,5)/q+1;/p-1. The molecule has 0 fully saturated rings. The first-order chi connectivity index (χ1) is 7.56. The summed E-state index contributed by atoms with van der Waals surface area (Å²) in [6.45, 7) is 3.23. The molecule has 0 spiro atoms. The van der Waals surface area contributed by atoms with Gasteiger partial charge in [-0.2, -0.15) is 4.58 Å². The normalized spacial score (nSPS) is 10.4. The van der Waals surface area contributed by atoms with Crippen LogP contribution in [0.2, 0.25) is 0 Å². The van der Waals surface area contributed by atoms with E-state index in [1.54, 1.807) is 12.3 Å². The number of H-pyrrole nitrogens is 1. The topological polar surface area (TPSA) is 84.7 Å². The summed E-state index contributed by atoms with van der Waals surface area (Å²) in [6.07, 6.45) is 4.96. The molecule has 1 aromatic heterocycles. The van der Waals surface area contributed by atoms with Gasteiger partial charge in [0.25, 0.3) is 0 Å². The van der Waals surface area contributed by atoms with E-state index in [9.17, 15) is 9.46 Å². The first-order valence-corrected chi connectivity index (χ1v) is 6.02. The van der Waals surface area contributed by atoms with Crippen LogP contribution in [0.5, 0.6) is 0 Å². The number of hydrogen-bond acceptors (Lipinski definition) is 4. The minimum Gasteiger partial charge on any atom is -0.801 e. The van der Waals surface area contributed by atoms with Crippen molar-refractivity contribution in [1.29, 1.82) is 0 Å². The Hall–Kier alpha value is -1.48. The average Bonchev–Trinajstić information content (AvgIpc) is 2.67. The molecule has 0 saturated heterocycles. The fraction of sp³-hybridized carbons (Fsp3) is 0.333. The van der Waals surface area contributed by atoms with Crippen molar-refractivity contribution in [2.24, 2.45) is 0 Å². The van der Waals surface area contributed by atoms with Gasteiger partial charge in [-0.05, 0) is 0 Å². The van der Waals surface area contributed by atoms with Crippen molar-refractivity contribution in [3.63, 3.8) is 0 Å². The van der Waals surface area contributed by atoms with Crippen molar-refractivity contribution < 1.29 is 14.0 Å². The molecule has 1 rings (SSSR count). The largest absolute Gasteiger partial charge is 0.801 e. The Morgan fingerprint density at radius 2 is 2.44 bits per heavy atom. The highest BCUT2D eigenvalue weighted by atomic mass is 31.1. The van der Waals surface area contributed by atoms with E-state index in [-0.39, 0.29) is 6.16 Å². The van der Waals surface area contributed by atoms with Crippen molar-refractivity contribution in [3.05, 3.63) is 24.5 Å². The molecule has 0 aliphatic heterocycles. The van der Waals surface area contributed by atoms with Crippen LogP contribution in [0, 0.1) is 0 Å². The lowest BCUT2D eigenvalue weighted by atomic mass is 10.5. The van der Waals surface area contributed by atoms with Crippen LogP contribution in [-0.2, 0) is 4.57 Å². The summed E-state index contributed by atoms with van der Waals surface area (Å²) in [5.74, 6) is 2.93. The van der Waals surface area contributed by atoms with Gasteiger partial charge < -0.3 is 9.46 Å². The third-order valence-corrected chi connectivity index (χ3v) is 1.84. The van der Waals surface area contributed by atoms with Crippen LogP contribution in [0.1, 0.15) is 5.69 Å². The lowest BCUT2D eigenvalue weighted by Gasteiger charge is -1.94. The van der Waals surface area contributed by atoms with Gasteiger partial charge in [0.2, 0.25) is 0 Å². The molecule has 0 radical (unpaired) electrons. The number of allylic oxidation sites excluding steroid dienone is 1. The van der Waals surface area contributed by atoms with Crippen molar-refractivity contribution in [1.82, 2.24) is 15.4 Å². The van der Waals surface area contributed by atoms with Gasteiger partial charge in [0.05, 0.1) is 12.3 Å². The molecular formula is C9H15N4O2P. The molecule has 0 aliphatic rings. The minimum absolute atomic E-state index is 0.130. The second-order valence-electron chi connectivity index (χ2n) is 2.93. The Morgan fingerprint density at radius 1 is 1.75 bits per heavy atom. The molecule has 0 saturated carbocycles. The van der Waals surface area contributed by atoms with Crippen LogP contribution >= 0.6 is 8.03 Å². The van der Waals surface area contributed by atoms with Crippen LogP contribution in [0.3, 0.4) is 0 Å². The predicted octanol–water partition coefficient (Wildman–Crippen LogP) is -0.233. The second kappa shape index (κ2) is 8.80. The molecule has 1 unspecified atom stereocenters. The maximum absolute atomic E-state index is 9.60. The van der Waals surface area contributed by atoms with Gasteiger partial charge in [0.1, 0.15) is 19.8 Å². The van der Waals surface area contributed by atoms with E-state index in [4.69, 9.17) is 0 Å². The van der Waals surface area contributed by atoms with E-state index in [0.717, 1.165) is 5.69 Å². The van der Waals surface area contributed by atoms with Gasteiger partial charge in [0.15, 0.2) is 5.87 Å². The molecule has 1 heterocycles. The summed E-state index contributed by atoms with van der Waals surface area (Å²) in [5.41, 5.74) is 0.786. The molecule has 1 atom stereocenters. The molecule has 7 heteroatoms. The van der Waals surface area contributed by atoms with Crippen molar-refractivity contribution >= 4 is 20.0 Å². The highest BCUT2D eigenvalue weighted by molar-refractivity contribution is 7.36. The molecule has 0 amide bonds. The molecule has 0 aromatic carbocycles. The van der Waals surface area contributed by atoms with Crippen molar-refractivity contribution in [2.75, 3.05) is 20.3 Å². The number of aromatic nitrogens is 3. The van der Waals surface area contributed by atoms with E-state index in [0.29, 0.717) is 0 Å². The van der Waals surface area contributed by atoms with E-state index in [1.807, 2.05) is 18.7 Å². The zero-order chi connectivity index (χ0) is 12.4. The van der Waals surface area contributed by atoms with Gasteiger partial charge in [-0.15, -0.1) is 11.7 Å². The van der Waals surface area contributed by atoms with E-state index < -0.39 is 8.03 Å². The number of nitrogens with one attached hydrogen (secondary N) is 1. The van der Waals surface area contributed by atoms with Crippen LogP contribution in [0.25, 0.3) is 6.08 Å². The number of rotatable bonds is 3. The SMILES string of the molecule is C=CC[PH](=O)[O-].C[N+](C)=C=Cc1c[nH]nn1. The first kappa shape index (κ1) is 14.5. The number of aromatic amines is 1. The summed E-state index contributed by atoms with van der Waals surface area (Å²) in [6, 6.07) is 0. The molecule has 1 aromatic rings. The summed E-state index contributed by atoms with van der Waals surface area (Å²) in [5, 5.41) is 9.88. The fourth-order valence-corrected chi connectivity index (χ4v) is 0.830. The summed E-state index contributed by atoms with van der Waals surface area (Å²) >= 11 is 0. The minimum atomic E-state index is -2.50. The average molecular weight is 242 g/mol. The molecule has 0 bridgehead atoms. The Kier molecular flexibility index (Phi) is 7.98. The highest BCUT2D eigenvalue weighted by Gasteiger charge is 1.86. The zero-order valence-electron chi connectivity index (χ0n) is 9.30. The lowest BCUT2D eigenvalue weighted by Crippen LogP contribution is -1.91. The molecule has 6 nitrogen and oxygen atoms in total. The second-order valence-corrected chi connectivity index (χ2v) is 4.08. The van der Waals surface area contributed by atoms with Crippen molar-refractivity contribution in [3.8, 4) is 0 Å². The van der Waals surface area contributed by atoms with Crippen LogP contribution in [0.4, 0.5) is 0 Å². The molecule has 16 heavy (non-hydrogen) atoms. The summed E-state index contributed by atoms with van der Waals surface area (Å²) < 4.78 is 11.4. The summed E-state index contributed by atoms with van der Waals surface area (Å²) in [7, 11) is 1.30. The summed E-state index contributed by atoms with van der Waals surface area (Å²) in [4.78, 5) is 9.60. The van der Waals surface area contributed by atoms with Gasteiger partial charge in [0, 0.05) is 14.2 Å². The van der Waals surface area contributed by atoms with Gasteiger partial charge >= 0.3 is 0 Å². The van der Waals surface area contributed by atoms with Crippen LogP contribution in [0.15, 0.2) is 18.9 Å². The third-order valence-electron chi connectivity index (χ3n) is 1.22. The maximum Gasteiger partial charge on any atom is 0.169 e. The Labute approximate surface area is 94.9 Å². The predicted molar refractivity (Wildman–Crippen MR) is 62.0 cm³/mol. The Balaban J connectivity index is 0.000000325. The Morgan fingerprint density at radius 3 is 2.75 bits per heavy atom.